The van der Waals surface area contributed by atoms with Crippen LogP contribution in [0.2, 0.25) is 0 Å². The van der Waals surface area contributed by atoms with Gasteiger partial charge in [0.2, 0.25) is 5.91 Å². The third-order valence-corrected chi connectivity index (χ3v) is 4.79. The van der Waals surface area contributed by atoms with E-state index in [9.17, 15) is 9.59 Å². The number of anilines is 1. The van der Waals surface area contributed by atoms with E-state index >= 15 is 0 Å². The van der Waals surface area contributed by atoms with Gasteiger partial charge in [0.1, 0.15) is 6.04 Å². The Hall–Kier alpha value is -1.69. The molecule has 1 aliphatic carbocycles. The van der Waals surface area contributed by atoms with Crippen molar-refractivity contribution < 1.29 is 9.59 Å². The monoisotopic (exact) mass is 319 g/mol. The van der Waals surface area contributed by atoms with Crippen molar-refractivity contribution in [1.82, 2.24) is 10.2 Å². The molecular weight excluding hydrogens is 298 g/mol. The summed E-state index contributed by atoms with van der Waals surface area (Å²) in [6.45, 7) is 0.636. The molecule has 1 saturated heterocycles. The summed E-state index contributed by atoms with van der Waals surface area (Å²) in [6.07, 6.45) is 5.75. The summed E-state index contributed by atoms with van der Waals surface area (Å²) >= 11 is 1.63. The zero-order valence-corrected chi connectivity index (χ0v) is 13.5. The van der Waals surface area contributed by atoms with Crippen LogP contribution in [0.4, 0.5) is 10.5 Å². The molecule has 1 aromatic rings. The molecule has 1 aliphatic heterocycles. The molecule has 6 heteroatoms. The maximum atomic E-state index is 12.5. The van der Waals surface area contributed by atoms with Gasteiger partial charge in [0, 0.05) is 23.2 Å². The first kappa shape index (κ1) is 15.2. The van der Waals surface area contributed by atoms with Gasteiger partial charge >= 0.3 is 6.03 Å². The maximum Gasteiger partial charge on any atom is 0.322 e. The standard InChI is InChI=1S/C16H21N3O2S/c1-22-13-5-2-4-12(10-13)18-16(21)19-9-3-6-14(19)15(20)17-11-7-8-11/h2,4-5,10-11,14H,3,6-9H2,1H3,(H,17,20)(H,18,21). The minimum Gasteiger partial charge on any atom is -0.352 e. The number of carbonyl (C=O) groups excluding carboxylic acids is 2. The summed E-state index contributed by atoms with van der Waals surface area (Å²) in [5.41, 5.74) is 0.769. The highest BCUT2D eigenvalue weighted by Gasteiger charge is 2.36. The van der Waals surface area contributed by atoms with E-state index in [-0.39, 0.29) is 18.0 Å². The van der Waals surface area contributed by atoms with Crippen molar-refractivity contribution in [3.63, 3.8) is 0 Å². The van der Waals surface area contributed by atoms with Crippen molar-refractivity contribution >= 4 is 29.4 Å². The van der Waals surface area contributed by atoms with Crippen LogP contribution in [0.1, 0.15) is 25.7 Å². The van der Waals surface area contributed by atoms with Gasteiger partial charge in [-0.3, -0.25) is 4.79 Å². The molecule has 2 N–H and O–H groups in total. The molecular formula is C16H21N3O2S. The molecule has 22 heavy (non-hydrogen) atoms. The Bertz CT molecular complexity index is 574. The molecule has 1 unspecified atom stereocenters. The molecule has 2 fully saturated rings. The maximum absolute atomic E-state index is 12.5. The van der Waals surface area contributed by atoms with Crippen molar-refractivity contribution in [2.24, 2.45) is 0 Å². The van der Waals surface area contributed by atoms with Crippen LogP contribution in [-0.4, -0.2) is 41.7 Å². The fourth-order valence-electron chi connectivity index (χ4n) is 2.70. The van der Waals surface area contributed by atoms with E-state index in [4.69, 9.17) is 0 Å². The first-order valence-corrected chi connectivity index (χ1v) is 8.92. The zero-order valence-electron chi connectivity index (χ0n) is 12.7. The Kier molecular flexibility index (Phi) is 4.57. The smallest absolute Gasteiger partial charge is 0.322 e. The highest BCUT2D eigenvalue weighted by Crippen LogP contribution is 2.24. The Balaban J connectivity index is 1.63. The lowest BCUT2D eigenvalue weighted by Crippen LogP contribution is -2.48. The molecule has 3 rings (SSSR count). The highest BCUT2D eigenvalue weighted by atomic mass is 32.2. The summed E-state index contributed by atoms with van der Waals surface area (Å²) in [7, 11) is 0. The second-order valence-corrected chi connectivity index (χ2v) is 6.68. The van der Waals surface area contributed by atoms with E-state index in [2.05, 4.69) is 10.6 Å². The summed E-state index contributed by atoms with van der Waals surface area (Å²) in [6, 6.07) is 7.54. The fraction of sp³-hybridized carbons (Fsp3) is 0.500. The fourth-order valence-corrected chi connectivity index (χ4v) is 3.16. The van der Waals surface area contributed by atoms with Crippen LogP contribution in [0, 0.1) is 0 Å². The van der Waals surface area contributed by atoms with Gasteiger partial charge in [-0.05, 0) is 50.1 Å². The van der Waals surface area contributed by atoms with Gasteiger partial charge in [-0.2, -0.15) is 0 Å². The largest absolute Gasteiger partial charge is 0.352 e. The molecule has 1 saturated carbocycles. The molecule has 1 atom stereocenters. The SMILES string of the molecule is CSc1cccc(NC(=O)N2CCCC2C(=O)NC2CC2)c1. The van der Waals surface area contributed by atoms with Crippen LogP contribution in [-0.2, 0) is 4.79 Å². The summed E-state index contributed by atoms with van der Waals surface area (Å²) in [4.78, 5) is 27.4. The molecule has 0 bridgehead atoms. The van der Waals surface area contributed by atoms with Crippen LogP contribution in [0.15, 0.2) is 29.2 Å². The number of amides is 3. The first-order chi connectivity index (χ1) is 10.7. The van der Waals surface area contributed by atoms with E-state index in [1.165, 1.54) is 0 Å². The van der Waals surface area contributed by atoms with Crippen molar-refractivity contribution in [1.29, 1.82) is 0 Å². The third-order valence-electron chi connectivity index (χ3n) is 4.06. The molecule has 0 spiro atoms. The van der Waals surface area contributed by atoms with Gasteiger partial charge < -0.3 is 15.5 Å². The van der Waals surface area contributed by atoms with Gasteiger partial charge in [0.25, 0.3) is 0 Å². The minimum atomic E-state index is -0.329. The number of nitrogens with zero attached hydrogens (tertiary/aromatic N) is 1. The molecule has 0 radical (unpaired) electrons. The zero-order chi connectivity index (χ0) is 15.5. The topological polar surface area (TPSA) is 61.4 Å². The Labute approximate surface area is 134 Å². The number of likely N-dealkylation sites (tertiary alicyclic amines) is 1. The van der Waals surface area contributed by atoms with Gasteiger partial charge in [0.15, 0.2) is 0 Å². The van der Waals surface area contributed by atoms with Crippen molar-refractivity contribution in [3.05, 3.63) is 24.3 Å². The normalized spacial score (nSPS) is 20.8. The van der Waals surface area contributed by atoms with Gasteiger partial charge in [-0.1, -0.05) is 6.07 Å². The van der Waals surface area contributed by atoms with E-state index < -0.39 is 0 Å². The van der Waals surface area contributed by atoms with Gasteiger partial charge in [0.05, 0.1) is 0 Å². The Morgan fingerprint density at radius 2 is 2.09 bits per heavy atom. The van der Waals surface area contributed by atoms with Crippen molar-refractivity contribution in [2.75, 3.05) is 18.1 Å². The quantitative estimate of drug-likeness (QED) is 0.839. The molecule has 118 valence electrons. The molecule has 0 aromatic heterocycles. The second kappa shape index (κ2) is 6.60. The van der Waals surface area contributed by atoms with Crippen LogP contribution in [0.3, 0.4) is 0 Å². The summed E-state index contributed by atoms with van der Waals surface area (Å²) < 4.78 is 0. The second-order valence-electron chi connectivity index (χ2n) is 5.80. The highest BCUT2D eigenvalue weighted by molar-refractivity contribution is 7.98. The number of rotatable bonds is 4. The number of benzene rings is 1. The number of carbonyl (C=O) groups is 2. The Morgan fingerprint density at radius 3 is 2.82 bits per heavy atom. The van der Waals surface area contributed by atoms with E-state index in [0.717, 1.165) is 36.3 Å². The Morgan fingerprint density at radius 1 is 1.27 bits per heavy atom. The molecule has 1 heterocycles. The van der Waals surface area contributed by atoms with E-state index in [1.807, 2.05) is 30.5 Å². The lowest BCUT2D eigenvalue weighted by molar-refractivity contribution is -0.124. The molecule has 1 aromatic carbocycles. The predicted octanol–water partition coefficient (Wildman–Crippen LogP) is 2.68. The predicted molar refractivity (Wildman–Crippen MR) is 88.1 cm³/mol. The van der Waals surface area contributed by atoms with Crippen LogP contribution < -0.4 is 10.6 Å². The van der Waals surface area contributed by atoms with Crippen molar-refractivity contribution in [2.45, 2.75) is 42.7 Å². The number of urea groups is 1. The average Bonchev–Trinajstić information content (AvgIpc) is 3.18. The van der Waals surface area contributed by atoms with E-state index in [1.54, 1.807) is 16.7 Å². The molecule has 2 aliphatic rings. The lowest BCUT2D eigenvalue weighted by Gasteiger charge is -2.24. The minimum absolute atomic E-state index is 0.00647. The molecule has 3 amide bonds. The van der Waals surface area contributed by atoms with Crippen molar-refractivity contribution in [3.8, 4) is 0 Å². The van der Waals surface area contributed by atoms with Gasteiger partial charge in [-0.15, -0.1) is 11.8 Å². The summed E-state index contributed by atoms with van der Waals surface area (Å²) in [5.74, 6) is -0.00647. The van der Waals surface area contributed by atoms with Crippen LogP contribution in [0.5, 0.6) is 0 Å². The number of nitrogens with one attached hydrogen (secondary N) is 2. The number of hydrogen-bond donors (Lipinski definition) is 2. The van der Waals surface area contributed by atoms with E-state index in [0.29, 0.717) is 12.6 Å². The van der Waals surface area contributed by atoms with Crippen LogP contribution >= 0.6 is 11.8 Å². The molecule has 5 nitrogen and oxygen atoms in total. The van der Waals surface area contributed by atoms with Gasteiger partial charge in [-0.25, -0.2) is 4.79 Å². The first-order valence-electron chi connectivity index (χ1n) is 7.69. The number of hydrogen-bond acceptors (Lipinski definition) is 3. The lowest BCUT2D eigenvalue weighted by atomic mass is 10.2. The third kappa shape index (κ3) is 3.55. The average molecular weight is 319 g/mol. The summed E-state index contributed by atoms with van der Waals surface area (Å²) in [5, 5.41) is 5.90. The number of thioether (sulfide) groups is 1. The van der Waals surface area contributed by atoms with Crippen LogP contribution in [0.25, 0.3) is 0 Å².